The number of aromatic nitrogens is 2. The number of ether oxygens (including phenoxy) is 1. The van der Waals surface area contributed by atoms with Crippen molar-refractivity contribution in [1.82, 2.24) is 10.2 Å². The van der Waals surface area contributed by atoms with Gasteiger partial charge in [-0.3, -0.25) is 0 Å². The average Bonchev–Trinajstić information content (AvgIpc) is 2.01. The van der Waals surface area contributed by atoms with Crippen LogP contribution in [-0.2, 0) is 5.41 Å². The minimum absolute atomic E-state index is 0.0804. The van der Waals surface area contributed by atoms with Gasteiger partial charge in [0.1, 0.15) is 11.4 Å². The monoisotopic (exact) mass is 200 g/mol. The second-order valence-electron chi connectivity index (χ2n) is 3.83. The summed E-state index contributed by atoms with van der Waals surface area (Å²) >= 11 is 5.69. The molecule has 13 heavy (non-hydrogen) atoms. The van der Waals surface area contributed by atoms with Gasteiger partial charge < -0.3 is 4.74 Å². The van der Waals surface area contributed by atoms with Gasteiger partial charge >= 0.3 is 0 Å². The van der Waals surface area contributed by atoms with E-state index in [1.54, 1.807) is 13.2 Å². The third kappa shape index (κ3) is 2.31. The number of methoxy groups -OCH3 is 1. The van der Waals surface area contributed by atoms with Crippen LogP contribution in [0.2, 0.25) is 5.15 Å². The standard InChI is InChI=1S/C9H13ClN2O/c1-9(2,3)8-6(13-4)5-7(10)11-12-8/h5H,1-4H3. The molecule has 0 aromatic carbocycles. The molecule has 0 unspecified atom stereocenters. The van der Waals surface area contributed by atoms with Gasteiger partial charge in [0.05, 0.1) is 7.11 Å². The average molecular weight is 201 g/mol. The van der Waals surface area contributed by atoms with E-state index in [2.05, 4.69) is 10.2 Å². The Morgan fingerprint density at radius 1 is 1.31 bits per heavy atom. The molecule has 0 aliphatic rings. The molecule has 0 saturated heterocycles. The lowest BCUT2D eigenvalue weighted by molar-refractivity contribution is 0.389. The number of hydrogen-bond acceptors (Lipinski definition) is 3. The van der Waals surface area contributed by atoms with Gasteiger partial charge in [0.15, 0.2) is 5.15 Å². The van der Waals surface area contributed by atoms with Gasteiger partial charge in [-0.2, -0.15) is 0 Å². The molecule has 1 heterocycles. The first-order valence-electron chi connectivity index (χ1n) is 4.03. The third-order valence-corrected chi connectivity index (χ3v) is 1.84. The number of hydrogen-bond donors (Lipinski definition) is 0. The fourth-order valence-electron chi connectivity index (χ4n) is 1.03. The number of halogens is 1. The van der Waals surface area contributed by atoms with Crippen molar-refractivity contribution in [3.05, 3.63) is 16.9 Å². The maximum atomic E-state index is 5.69. The van der Waals surface area contributed by atoms with Crippen LogP contribution in [0.4, 0.5) is 0 Å². The minimum Gasteiger partial charge on any atom is -0.495 e. The molecule has 0 saturated carbocycles. The molecule has 1 aromatic rings. The summed E-state index contributed by atoms with van der Waals surface area (Å²) in [5, 5.41) is 8.15. The van der Waals surface area contributed by atoms with E-state index in [1.807, 2.05) is 20.8 Å². The Kier molecular flexibility index (Phi) is 2.76. The van der Waals surface area contributed by atoms with E-state index in [-0.39, 0.29) is 5.41 Å². The van der Waals surface area contributed by atoms with Gasteiger partial charge in [0.25, 0.3) is 0 Å². The van der Waals surface area contributed by atoms with E-state index in [0.717, 1.165) is 5.69 Å². The van der Waals surface area contributed by atoms with Crippen molar-refractivity contribution < 1.29 is 4.74 Å². The molecule has 4 heteroatoms. The van der Waals surface area contributed by atoms with Crippen molar-refractivity contribution in [2.75, 3.05) is 7.11 Å². The van der Waals surface area contributed by atoms with Crippen molar-refractivity contribution in [1.29, 1.82) is 0 Å². The summed E-state index contributed by atoms with van der Waals surface area (Å²) < 4.78 is 5.17. The van der Waals surface area contributed by atoms with Crippen molar-refractivity contribution in [3.63, 3.8) is 0 Å². The quantitative estimate of drug-likeness (QED) is 0.699. The van der Waals surface area contributed by atoms with Crippen LogP contribution in [0, 0.1) is 0 Å². The maximum absolute atomic E-state index is 5.69. The molecular formula is C9H13ClN2O. The van der Waals surface area contributed by atoms with Gasteiger partial charge in [-0.25, -0.2) is 0 Å². The SMILES string of the molecule is COc1cc(Cl)nnc1C(C)(C)C. The fraction of sp³-hybridized carbons (Fsp3) is 0.556. The molecule has 72 valence electrons. The first kappa shape index (κ1) is 10.3. The lowest BCUT2D eigenvalue weighted by Gasteiger charge is -2.19. The van der Waals surface area contributed by atoms with Crippen molar-refractivity contribution >= 4 is 11.6 Å². The van der Waals surface area contributed by atoms with Crippen LogP contribution in [0.3, 0.4) is 0 Å². The summed E-state index contributed by atoms with van der Waals surface area (Å²) in [6.45, 7) is 6.15. The van der Waals surface area contributed by atoms with Gasteiger partial charge in [-0.15, -0.1) is 10.2 Å². The summed E-state index contributed by atoms with van der Waals surface area (Å²) in [6.07, 6.45) is 0. The Morgan fingerprint density at radius 2 is 1.92 bits per heavy atom. The minimum atomic E-state index is -0.0804. The Bertz CT molecular complexity index is 307. The Labute approximate surface area is 83.1 Å². The molecule has 0 bridgehead atoms. The fourth-order valence-corrected chi connectivity index (χ4v) is 1.16. The summed E-state index contributed by atoms with van der Waals surface area (Å²) in [4.78, 5) is 0. The molecule has 0 aliphatic carbocycles. The van der Waals surface area contributed by atoms with Crippen molar-refractivity contribution in [3.8, 4) is 5.75 Å². The maximum Gasteiger partial charge on any atom is 0.155 e. The van der Waals surface area contributed by atoms with Gasteiger partial charge in [0.2, 0.25) is 0 Å². The highest BCUT2D eigenvalue weighted by molar-refractivity contribution is 6.29. The van der Waals surface area contributed by atoms with E-state index in [0.29, 0.717) is 10.9 Å². The molecule has 0 N–H and O–H groups in total. The second-order valence-corrected chi connectivity index (χ2v) is 4.22. The zero-order chi connectivity index (χ0) is 10.1. The zero-order valence-electron chi connectivity index (χ0n) is 8.26. The summed E-state index contributed by atoms with van der Waals surface area (Å²) in [5.74, 6) is 0.688. The molecule has 0 atom stereocenters. The summed E-state index contributed by atoms with van der Waals surface area (Å²) in [5.41, 5.74) is 0.738. The normalized spacial score (nSPS) is 11.5. The van der Waals surface area contributed by atoms with Crippen LogP contribution in [0.15, 0.2) is 6.07 Å². The van der Waals surface area contributed by atoms with E-state index in [9.17, 15) is 0 Å². The molecule has 1 rings (SSSR count). The van der Waals surface area contributed by atoms with Gasteiger partial charge in [0, 0.05) is 11.5 Å². The molecule has 0 radical (unpaired) electrons. The Morgan fingerprint density at radius 3 is 2.38 bits per heavy atom. The van der Waals surface area contributed by atoms with E-state index >= 15 is 0 Å². The molecule has 0 amide bonds. The summed E-state index contributed by atoms with van der Waals surface area (Å²) in [6, 6.07) is 1.68. The predicted octanol–water partition coefficient (Wildman–Crippen LogP) is 2.44. The first-order chi connectivity index (χ1) is 5.95. The van der Waals surface area contributed by atoms with Crippen molar-refractivity contribution in [2.45, 2.75) is 26.2 Å². The Balaban J connectivity index is 3.22. The molecule has 3 nitrogen and oxygen atoms in total. The van der Waals surface area contributed by atoms with Crippen LogP contribution in [0.1, 0.15) is 26.5 Å². The van der Waals surface area contributed by atoms with Crippen LogP contribution in [0.25, 0.3) is 0 Å². The highest BCUT2D eigenvalue weighted by atomic mass is 35.5. The highest BCUT2D eigenvalue weighted by Crippen LogP contribution is 2.29. The van der Waals surface area contributed by atoms with Crippen LogP contribution >= 0.6 is 11.6 Å². The van der Waals surface area contributed by atoms with E-state index < -0.39 is 0 Å². The van der Waals surface area contributed by atoms with Crippen LogP contribution in [0.5, 0.6) is 5.75 Å². The second kappa shape index (κ2) is 3.50. The van der Waals surface area contributed by atoms with Crippen LogP contribution in [-0.4, -0.2) is 17.3 Å². The lowest BCUT2D eigenvalue weighted by Crippen LogP contribution is -2.15. The van der Waals surface area contributed by atoms with Crippen molar-refractivity contribution in [2.24, 2.45) is 0 Å². The van der Waals surface area contributed by atoms with Gasteiger partial charge in [-0.05, 0) is 0 Å². The number of nitrogens with zero attached hydrogens (tertiary/aromatic N) is 2. The molecule has 0 aliphatic heterocycles. The predicted molar refractivity (Wildman–Crippen MR) is 52.3 cm³/mol. The van der Waals surface area contributed by atoms with E-state index in [4.69, 9.17) is 16.3 Å². The third-order valence-electron chi connectivity index (χ3n) is 1.66. The van der Waals surface area contributed by atoms with Crippen LogP contribution < -0.4 is 4.74 Å². The highest BCUT2D eigenvalue weighted by Gasteiger charge is 2.21. The molecule has 0 spiro atoms. The number of rotatable bonds is 1. The topological polar surface area (TPSA) is 35.0 Å². The van der Waals surface area contributed by atoms with E-state index in [1.165, 1.54) is 0 Å². The lowest BCUT2D eigenvalue weighted by atomic mass is 9.91. The summed E-state index contributed by atoms with van der Waals surface area (Å²) in [7, 11) is 1.60. The largest absolute Gasteiger partial charge is 0.495 e. The molecule has 1 aromatic heterocycles. The molecule has 0 fully saturated rings. The smallest absolute Gasteiger partial charge is 0.155 e. The Hall–Kier alpha value is -0.830. The zero-order valence-corrected chi connectivity index (χ0v) is 9.01. The molecular weight excluding hydrogens is 188 g/mol. The first-order valence-corrected chi connectivity index (χ1v) is 4.40. The van der Waals surface area contributed by atoms with Gasteiger partial charge in [-0.1, -0.05) is 32.4 Å².